The number of phenols is 1. The third-order valence-electron chi connectivity index (χ3n) is 11.9. The molecule has 13 nitrogen and oxygen atoms in total. The lowest BCUT2D eigenvalue weighted by atomic mass is 9.48. The molecule has 2 saturated heterocycles. The number of hydrogen-bond acceptors (Lipinski definition) is 10. The van der Waals surface area contributed by atoms with E-state index < -0.39 is 47.6 Å². The van der Waals surface area contributed by atoms with Gasteiger partial charge in [-0.15, -0.1) is 13.2 Å². The molecule has 2 saturated carbocycles. The number of nitrogens with zero attached hydrogens (tertiary/aromatic N) is 2. The summed E-state index contributed by atoms with van der Waals surface area (Å²) in [6.45, 7) is 2.42. The first-order chi connectivity index (χ1) is 24.5. The Kier molecular flexibility index (Phi) is 9.11. The predicted octanol–water partition coefficient (Wildman–Crippen LogP) is 2.19. The summed E-state index contributed by atoms with van der Waals surface area (Å²) in [5.41, 5.74) is 1.17. The molecule has 52 heavy (non-hydrogen) atoms. The number of aliphatic hydroxyl groups excluding tert-OH is 2. The lowest BCUT2D eigenvalue weighted by Crippen LogP contribution is -2.78. The van der Waals surface area contributed by atoms with Crippen LogP contribution in [0.2, 0.25) is 0 Å². The van der Waals surface area contributed by atoms with E-state index in [0.29, 0.717) is 43.9 Å². The number of aliphatic carboxylic acids is 2. The van der Waals surface area contributed by atoms with E-state index in [-0.39, 0.29) is 35.4 Å². The predicted molar refractivity (Wildman–Crippen MR) is 173 cm³/mol. The van der Waals surface area contributed by atoms with Gasteiger partial charge < -0.3 is 45.0 Å². The van der Waals surface area contributed by atoms with E-state index in [0.717, 1.165) is 42.6 Å². The smallest absolute Gasteiger partial charge is 0.504 e. The highest BCUT2D eigenvalue weighted by Gasteiger charge is 2.73. The largest absolute Gasteiger partial charge is 0.573 e. The van der Waals surface area contributed by atoms with Crippen molar-refractivity contribution < 1.29 is 67.7 Å². The summed E-state index contributed by atoms with van der Waals surface area (Å²) in [5.74, 6) is -2.83. The molecule has 3 aliphatic carbocycles. The average Bonchev–Trinajstić information content (AvgIpc) is 3.73. The van der Waals surface area contributed by atoms with Gasteiger partial charge in [-0.2, -0.15) is 0 Å². The van der Waals surface area contributed by atoms with Gasteiger partial charge >= 0.3 is 18.3 Å². The van der Waals surface area contributed by atoms with Crippen LogP contribution in [0.4, 0.5) is 13.2 Å². The lowest BCUT2D eigenvalue weighted by molar-refractivity contribution is -0.274. The highest BCUT2D eigenvalue weighted by atomic mass is 19.4. The van der Waals surface area contributed by atoms with E-state index in [1.54, 1.807) is 18.2 Å². The maximum Gasteiger partial charge on any atom is 0.573 e. The second-order valence-corrected chi connectivity index (χ2v) is 14.9. The number of alkyl halides is 3. The van der Waals surface area contributed by atoms with Crippen LogP contribution in [-0.4, -0.2) is 120 Å². The number of phenolic OH excluding ortho intramolecular Hbond substituents is 1. The number of aromatic hydroxyl groups is 1. The summed E-state index contributed by atoms with van der Waals surface area (Å²) in [6.07, 6.45) is -3.55. The van der Waals surface area contributed by atoms with Crippen LogP contribution in [-0.2, 0) is 32.6 Å². The van der Waals surface area contributed by atoms with Gasteiger partial charge in [-0.05, 0) is 93.2 Å². The molecule has 1 amide bonds. The first-order valence-corrected chi connectivity index (χ1v) is 17.5. The molecule has 3 heterocycles. The Labute approximate surface area is 296 Å². The molecule has 2 bridgehead atoms. The molecule has 1 spiro atoms. The van der Waals surface area contributed by atoms with Crippen molar-refractivity contribution in [3.05, 3.63) is 53.1 Å². The highest BCUT2D eigenvalue weighted by molar-refractivity contribution is 5.83. The van der Waals surface area contributed by atoms with Gasteiger partial charge in [0.2, 0.25) is 5.91 Å². The Morgan fingerprint density at radius 1 is 0.962 bits per heavy atom. The van der Waals surface area contributed by atoms with Crippen molar-refractivity contribution in [2.75, 3.05) is 19.6 Å². The number of ether oxygens (including phenoxy) is 2. The summed E-state index contributed by atoms with van der Waals surface area (Å²) in [4.78, 5) is 37.8. The number of amides is 1. The number of carbonyl (C=O) groups excluding carboxylic acids is 1. The topological polar surface area (TPSA) is 198 Å². The Hall–Kier alpha value is -4.12. The zero-order chi connectivity index (χ0) is 37.3. The molecule has 4 unspecified atom stereocenters. The van der Waals surface area contributed by atoms with Crippen LogP contribution in [0.15, 0.2) is 36.4 Å². The molecule has 2 aromatic rings. The number of carboxylic acid groups (broad SMARTS) is 2. The molecule has 6 N–H and O–H groups in total. The Morgan fingerprint density at radius 3 is 2.25 bits per heavy atom. The zero-order valence-electron chi connectivity index (χ0n) is 28.0. The second kappa shape index (κ2) is 13.1. The summed E-state index contributed by atoms with van der Waals surface area (Å²) >= 11 is 0. The molecule has 8 rings (SSSR count). The molecule has 0 aromatic heterocycles. The minimum atomic E-state index is -4.75. The molecule has 4 fully saturated rings. The van der Waals surface area contributed by atoms with Crippen LogP contribution < -0.4 is 9.47 Å². The lowest BCUT2D eigenvalue weighted by Gasteiger charge is -2.64. The van der Waals surface area contributed by atoms with Crippen molar-refractivity contribution in [1.82, 2.24) is 9.80 Å². The second-order valence-electron chi connectivity index (χ2n) is 14.9. The number of likely N-dealkylation sites (tertiary alicyclic amines) is 2. The quantitative estimate of drug-likeness (QED) is 0.220. The molecule has 2 aromatic carbocycles. The molecule has 0 radical (unpaired) electrons. The fourth-order valence-corrected chi connectivity index (χ4v) is 9.44. The Balaban J connectivity index is 0.000000371. The van der Waals surface area contributed by atoms with E-state index in [1.165, 1.54) is 25.0 Å². The SMILES string of the molecule is O=C(O)C(O)C(O)C(=O)O.O=C1C(Cc2ccc(OC(F)(F)F)cc2)CCN1[C@H]1CCC2(O)[C@H]3Cc4ccc(O)c5c4[C@@]2(CCN3CC2CC2)[C@H]1O5. The highest BCUT2D eigenvalue weighted by Crippen LogP contribution is 2.66. The van der Waals surface area contributed by atoms with Crippen LogP contribution >= 0.6 is 0 Å². The molecule has 3 aliphatic heterocycles. The van der Waals surface area contributed by atoms with Crippen LogP contribution in [0.5, 0.6) is 17.2 Å². The maximum atomic E-state index is 13.9. The van der Waals surface area contributed by atoms with Gasteiger partial charge in [0.05, 0.1) is 17.1 Å². The van der Waals surface area contributed by atoms with Gasteiger partial charge in [-0.1, -0.05) is 18.2 Å². The molecule has 282 valence electrons. The van der Waals surface area contributed by atoms with E-state index in [9.17, 15) is 37.8 Å². The number of halogens is 3. The standard InChI is InChI=1S/C32H35F3N2O5.C4H6O6/c33-32(34,35)42-22-6-3-18(4-7-22)15-21-10-13-37(29(21)39)23-9-11-31(40)25-16-20-5-8-24(38)27-26(20)30(31,28(23)41-27)12-14-36(25)17-19-1-2-19;5-1(3(7)8)2(6)4(9)10/h3-8,19,21,23,25,28,38,40H,1-2,9-17H2;1-2,5-6H,(H,7,8)(H,9,10)/t21?,23-,25+,28-,30-,31?;/m0./s1. The van der Waals surface area contributed by atoms with Gasteiger partial charge in [0, 0.05) is 30.6 Å². The van der Waals surface area contributed by atoms with Crippen LogP contribution in [0.3, 0.4) is 0 Å². The number of aliphatic hydroxyl groups is 3. The number of piperidine rings is 1. The number of carboxylic acids is 2. The maximum absolute atomic E-state index is 13.9. The van der Waals surface area contributed by atoms with Crippen molar-refractivity contribution in [3.63, 3.8) is 0 Å². The fraction of sp³-hybridized carbons (Fsp3) is 0.583. The van der Waals surface area contributed by atoms with E-state index in [4.69, 9.17) is 25.2 Å². The van der Waals surface area contributed by atoms with Crippen molar-refractivity contribution in [1.29, 1.82) is 0 Å². The van der Waals surface area contributed by atoms with E-state index in [1.807, 2.05) is 11.0 Å². The molecular weight excluding hydrogens is 693 g/mol. The van der Waals surface area contributed by atoms with E-state index >= 15 is 0 Å². The number of rotatable bonds is 9. The molecular formula is C36H41F3N2O11. The van der Waals surface area contributed by atoms with Gasteiger partial charge in [0.25, 0.3) is 0 Å². The van der Waals surface area contributed by atoms with Gasteiger partial charge in [0.15, 0.2) is 23.7 Å². The van der Waals surface area contributed by atoms with Gasteiger partial charge in [0.1, 0.15) is 11.9 Å². The Morgan fingerprint density at radius 2 is 1.63 bits per heavy atom. The zero-order valence-corrected chi connectivity index (χ0v) is 28.0. The Bertz CT molecular complexity index is 1720. The third-order valence-corrected chi connectivity index (χ3v) is 11.9. The molecule has 6 aliphatic rings. The summed E-state index contributed by atoms with van der Waals surface area (Å²) in [7, 11) is 0. The monoisotopic (exact) mass is 734 g/mol. The van der Waals surface area contributed by atoms with Gasteiger partial charge in [-0.25, -0.2) is 9.59 Å². The number of carbonyl (C=O) groups is 3. The summed E-state index contributed by atoms with van der Waals surface area (Å²) in [5, 5.41) is 56.1. The van der Waals surface area contributed by atoms with Crippen molar-refractivity contribution in [2.24, 2.45) is 11.8 Å². The van der Waals surface area contributed by atoms with Crippen LogP contribution in [0, 0.1) is 11.8 Å². The van der Waals surface area contributed by atoms with Gasteiger partial charge in [-0.3, -0.25) is 9.69 Å². The fourth-order valence-electron chi connectivity index (χ4n) is 9.44. The van der Waals surface area contributed by atoms with Crippen molar-refractivity contribution >= 4 is 17.8 Å². The third kappa shape index (κ3) is 6.12. The average molecular weight is 735 g/mol. The van der Waals surface area contributed by atoms with Crippen molar-refractivity contribution in [3.8, 4) is 17.2 Å². The first-order valence-electron chi connectivity index (χ1n) is 17.5. The minimum Gasteiger partial charge on any atom is -0.504 e. The van der Waals surface area contributed by atoms with Crippen LogP contribution in [0.25, 0.3) is 0 Å². The van der Waals surface area contributed by atoms with Crippen molar-refractivity contribution in [2.45, 2.75) is 99.1 Å². The summed E-state index contributed by atoms with van der Waals surface area (Å²) in [6, 6.07) is 9.15. The summed E-state index contributed by atoms with van der Waals surface area (Å²) < 4.78 is 48.3. The molecule has 8 atom stereocenters. The van der Waals surface area contributed by atoms with Crippen LogP contribution in [0.1, 0.15) is 55.2 Å². The normalized spacial score (nSPS) is 31.5. The minimum absolute atomic E-state index is 0.0139. The number of hydrogen-bond donors (Lipinski definition) is 6. The molecule has 16 heteroatoms. The van der Waals surface area contributed by atoms with E-state index in [2.05, 4.69) is 9.64 Å². The first kappa shape index (κ1) is 36.2. The number of benzene rings is 2.